The first kappa shape index (κ1) is 20.8. The van der Waals surface area contributed by atoms with E-state index >= 15 is 0 Å². The van der Waals surface area contributed by atoms with Gasteiger partial charge in [-0.05, 0) is 43.2 Å². The van der Waals surface area contributed by atoms with Gasteiger partial charge >= 0.3 is 0 Å². The highest BCUT2D eigenvalue weighted by Crippen LogP contribution is 2.38. The summed E-state index contributed by atoms with van der Waals surface area (Å²) in [6.07, 6.45) is 6.77. The van der Waals surface area contributed by atoms with Crippen molar-refractivity contribution < 1.29 is 10.2 Å². The molecule has 1 aromatic rings. The number of hydrogen-bond donors (Lipinski definition) is 3. The molecule has 3 atom stereocenters. The molecule has 1 aliphatic heterocycles. The van der Waals surface area contributed by atoms with Gasteiger partial charge in [-0.2, -0.15) is 0 Å². The Bertz CT molecular complexity index is 612. The van der Waals surface area contributed by atoms with Crippen molar-refractivity contribution in [3.63, 3.8) is 0 Å². The highest BCUT2D eigenvalue weighted by atomic mass is 16.3. The smallest absolute Gasteiger partial charge is 0.120 e. The fourth-order valence-corrected chi connectivity index (χ4v) is 4.94. The molecule has 27 heavy (non-hydrogen) atoms. The van der Waals surface area contributed by atoms with E-state index in [1.165, 1.54) is 23.1 Å². The SMILES string of the molecule is CCC(C)C1c2ccc(C)cc2CCN1C(O)CNCC1(O)CCCCC1. The molecule has 3 rings (SSSR count). The number of nitrogens with zero attached hydrogens (tertiary/aromatic N) is 1. The molecule has 4 nitrogen and oxygen atoms in total. The lowest BCUT2D eigenvalue weighted by atomic mass is 9.83. The molecule has 0 aromatic heterocycles. The lowest BCUT2D eigenvalue weighted by molar-refractivity contribution is -0.0502. The van der Waals surface area contributed by atoms with E-state index in [0.717, 1.165) is 45.1 Å². The first-order valence-electron chi connectivity index (χ1n) is 10.9. The Kier molecular flexibility index (Phi) is 6.96. The number of nitrogens with one attached hydrogen (secondary N) is 1. The minimum Gasteiger partial charge on any atom is -0.389 e. The van der Waals surface area contributed by atoms with Crippen LogP contribution in [0.4, 0.5) is 0 Å². The zero-order chi connectivity index (χ0) is 19.4. The molecule has 3 N–H and O–H groups in total. The van der Waals surface area contributed by atoms with E-state index in [0.29, 0.717) is 19.0 Å². The summed E-state index contributed by atoms with van der Waals surface area (Å²) in [5.74, 6) is 0.490. The maximum absolute atomic E-state index is 11.0. The van der Waals surface area contributed by atoms with Gasteiger partial charge in [-0.1, -0.05) is 63.3 Å². The summed E-state index contributed by atoms with van der Waals surface area (Å²) in [7, 11) is 0. The van der Waals surface area contributed by atoms with Crippen LogP contribution in [0.25, 0.3) is 0 Å². The van der Waals surface area contributed by atoms with Gasteiger partial charge in [0.1, 0.15) is 6.23 Å². The Morgan fingerprint density at radius 2 is 2.00 bits per heavy atom. The molecule has 1 saturated carbocycles. The summed E-state index contributed by atoms with van der Waals surface area (Å²) in [5.41, 5.74) is 3.55. The van der Waals surface area contributed by atoms with Crippen molar-refractivity contribution >= 4 is 0 Å². The van der Waals surface area contributed by atoms with Gasteiger partial charge in [-0.25, -0.2) is 0 Å². The predicted molar refractivity (Wildman–Crippen MR) is 111 cm³/mol. The molecular weight excluding hydrogens is 336 g/mol. The molecule has 2 aliphatic rings. The fourth-order valence-electron chi connectivity index (χ4n) is 4.94. The number of benzene rings is 1. The van der Waals surface area contributed by atoms with Crippen LogP contribution in [0.2, 0.25) is 0 Å². The standard InChI is InChI=1S/C23H38N2O2/c1-4-18(3)22-20-9-8-17(2)14-19(20)10-13-25(22)21(26)15-24-16-23(27)11-6-5-7-12-23/h8-9,14,18,21-22,24,26-27H,4-7,10-13,15-16H2,1-3H3. The van der Waals surface area contributed by atoms with Crippen molar-refractivity contribution in [1.82, 2.24) is 10.2 Å². The van der Waals surface area contributed by atoms with Crippen LogP contribution in [0.5, 0.6) is 0 Å². The second-order valence-corrected chi connectivity index (χ2v) is 8.92. The maximum Gasteiger partial charge on any atom is 0.120 e. The molecule has 0 spiro atoms. The van der Waals surface area contributed by atoms with Crippen LogP contribution in [0.3, 0.4) is 0 Å². The van der Waals surface area contributed by atoms with Crippen molar-refractivity contribution in [3.05, 3.63) is 34.9 Å². The minimum absolute atomic E-state index is 0.258. The first-order chi connectivity index (χ1) is 12.9. The van der Waals surface area contributed by atoms with Crippen molar-refractivity contribution in [1.29, 1.82) is 0 Å². The number of rotatable bonds is 7. The zero-order valence-corrected chi connectivity index (χ0v) is 17.4. The van der Waals surface area contributed by atoms with E-state index in [4.69, 9.17) is 0 Å². The average Bonchev–Trinajstić information content (AvgIpc) is 2.66. The van der Waals surface area contributed by atoms with Crippen molar-refractivity contribution in [2.45, 2.75) is 83.6 Å². The topological polar surface area (TPSA) is 55.7 Å². The summed E-state index contributed by atoms with van der Waals surface area (Å²) in [6.45, 7) is 8.66. The number of aliphatic hydroxyl groups is 2. The van der Waals surface area contributed by atoms with Crippen LogP contribution in [-0.4, -0.2) is 46.6 Å². The fraction of sp³-hybridized carbons (Fsp3) is 0.739. The highest BCUT2D eigenvalue weighted by Gasteiger charge is 2.35. The quantitative estimate of drug-likeness (QED) is 0.683. The van der Waals surface area contributed by atoms with Gasteiger partial charge in [0.15, 0.2) is 0 Å². The number of fused-ring (bicyclic) bond motifs is 1. The van der Waals surface area contributed by atoms with Gasteiger partial charge in [0, 0.05) is 25.7 Å². The lowest BCUT2D eigenvalue weighted by Gasteiger charge is -2.43. The van der Waals surface area contributed by atoms with Crippen molar-refractivity contribution in [2.75, 3.05) is 19.6 Å². The molecule has 0 radical (unpaired) electrons. The summed E-state index contributed by atoms with van der Waals surface area (Å²) >= 11 is 0. The second kappa shape index (κ2) is 9.04. The predicted octanol–water partition coefficient (Wildman–Crippen LogP) is 3.54. The zero-order valence-electron chi connectivity index (χ0n) is 17.4. The van der Waals surface area contributed by atoms with Crippen LogP contribution in [0.1, 0.15) is 75.1 Å². The maximum atomic E-state index is 11.0. The summed E-state index contributed by atoms with van der Waals surface area (Å²) in [4.78, 5) is 2.27. The Morgan fingerprint density at radius 1 is 1.26 bits per heavy atom. The molecule has 0 saturated heterocycles. The third-order valence-electron chi connectivity index (χ3n) is 6.74. The van der Waals surface area contributed by atoms with E-state index in [9.17, 15) is 10.2 Å². The highest BCUT2D eigenvalue weighted by molar-refractivity contribution is 5.36. The van der Waals surface area contributed by atoms with Gasteiger partial charge in [0.2, 0.25) is 0 Å². The Morgan fingerprint density at radius 3 is 2.70 bits per heavy atom. The van der Waals surface area contributed by atoms with Crippen LogP contribution in [0, 0.1) is 12.8 Å². The molecular formula is C23H38N2O2. The number of hydrogen-bond acceptors (Lipinski definition) is 4. The Labute approximate surface area is 165 Å². The van der Waals surface area contributed by atoms with Crippen molar-refractivity contribution in [3.8, 4) is 0 Å². The molecule has 1 heterocycles. The van der Waals surface area contributed by atoms with E-state index in [1.54, 1.807) is 0 Å². The normalized spacial score (nSPS) is 25.0. The van der Waals surface area contributed by atoms with Crippen molar-refractivity contribution in [2.24, 2.45) is 5.92 Å². The summed E-state index contributed by atoms with van der Waals surface area (Å²) in [6, 6.07) is 7.03. The second-order valence-electron chi connectivity index (χ2n) is 8.92. The molecule has 1 fully saturated rings. The molecule has 152 valence electrons. The summed E-state index contributed by atoms with van der Waals surface area (Å²) in [5, 5.41) is 25.0. The monoisotopic (exact) mass is 374 g/mol. The number of aryl methyl sites for hydroxylation is 1. The van der Waals surface area contributed by atoms with Gasteiger partial charge in [0.05, 0.1) is 5.60 Å². The van der Waals surface area contributed by atoms with Crippen LogP contribution < -0.4 is 5.32 Å². The van der Waals surface area contributed by atoms with Gasteiger partial charge < -0.3 is 15.5 Å². The van der Waals surface area contributed by atoms with E-state index in [-0.39, 0.29) is 6.04 Å². The Balaban J connectivity index is 1.65. The molecule has 0 bridgehead atoms. The van der Waals surface area contributed by atoms with Gasteiger partial charge in [-0.3, -0.25) is 4.90 Å². The van der Waals surface area contributed by atoms with Gasteiger partial charge in [0.25, 0.3) is 0 Å². The third kappa shape index (κ3) is 4.92. The lowest BCUT2D eigenvalue weighted by Crippen LogP contribution is -2.51. The van der Waals surface area contributed by atoms with E-state index < -0.39 is 11.8 Å². The van der Waals surface area contributed by atoms with E-state index in [1.807, 2.05) is 0 Å². The number of aliphatic hydroxyl groups excluding tert-OH is 1. The molecule has 3 unspecified atom stereocenters. The van der Waals surface area contributed by atoms with E-state index in [2.05, 4.69) is 49.2 Å². The minimum atomic E-state index is -0.583. The van der Waals surface area contributed by atoms with Crippen LogP contribution >= 0.6 is 0 Å². The molecule has 1 aromatic carbocycles. The Hall–Kier alpha value is -0.940. The molecule has 0 amide bonds. The first-order valence-corrected chi connectivity index (χ1v) is 10.9. The van der Waals surface area contributed by atoms with Crippen LogP contribution in [0.15, 0.2) is 18.2 Å². The molecule has 1 aliphatic carbocycles. The van der Waals surface area contributed by atoms with Crippen LogP contribution in [-0.2, 0) is 6.42 Å². The van der Waals surface area contributed by atoms with Gasteiger partial charge in [-0.15, -0.1) is 0 Å². The average molecular weight is 375 g/mol. The molecule has 4 heteroatoms. The largest absolute Gasteiger partial charge is 0.389 e. The third-order valence-corrected chi connectivity index (χ3v) is 6.74. The summed E-state index contributed by atoms with van der Waals surface area (Å²) < 4.78 is 0.